The number of phenols is 2. The van der Waals surface area contributed by atoms with Gasteiger partial charge in [-0.15, -0.1) is 0 Å². The van der Waals surface area contributed by atoms with E-state index in [-0.39, 0.29) is 28.8 Å². The van der Waals surface area contributed by atoms with Gasteiger partial charge in [0.05, 0.1) is 0 Å². The molecule has 1 saturated heterocycles. The van der Waals surface area contributed by atoms with Crippen LogP contribution in [0.15, 0.2) is 24.3 Å². The second-order valence-corrected chi connectivity index (χ2v) is 10.5. The Bertz CT molecular complexity index is 1000. The molecule has 3 N–H and O–H groups in total. The normalized spacial score (nSPS) is 26.6. The first-order valence-electron chi connectivity index (χ1n) is 12.4. The number of carbonyl (C=O) groups is 3. The van der Waals surface area contributed by atoms with E-state index in [9.17, 15) is 24.6 Å². The Morgan fingerprint density at radius 3 is 2.54 bits per heavy atom. The average Bonchev–Trinajstić information content (AvgIpc) is 3.37. The Kier molecular flexibility index (Phi) is 7.82. The van der Waals surface area contributed by atoms with E-state index in [2.05, 4.69) is 26.1 Å². The van der Waals surface area contributed by atoms with Crippen LogP contribution in [0.3, 0.4) is 0 Å². The quantitative estimate of drug-likeness (QED) is 0.307. The molecule has 2 aliphatic rings. The van der Waals surface area contributed by atoms with Gasteiger partial charge in [-0.2, -0.15) is 0 Å². The summed E-state index contributed by atoms with van der Waals surface area (Å²) in [6.45, 7) is 10.5. The lowest BCUT2D eigenvalue weighted by atomic mass is 9.72. The van der Waals surface area contributed by atoms with Gasteiger partial charge in [0.2, 0.25) is 11.8 Å². The molecule has 0 bridgehead atoms. The molecule has 1 heterocycles. The fraction of sp³-hybridized carbons (Fsp3) is 0.593. The van der Waals surface area contributed by atoms with Gasteiger partial charge in [-0.3, -0.25) is 9.59 Å². The largest absolute Gasteiger partial charge is 0.504 e. The third-order valence-electron chi connectivity index (χ3n) is 8.14. The Morgan fingerprint density at radius 2 is 1.91 bits per heavy atom. The number of amides is 2. The zero-order chi connectivity index (χ0) is 26.0. The number of ether oxygens (including phenoxy) is 1. The van der Waals surface area contributed by atoms with Crippen LogP contribution in [0.2, 0.25) is 0 Å². The average molecular weight is 487 g/mol. The maximum absolute atomic E-state index is 13.2. The minimum Gasteiger partial charge on any atom is -0.504 e. The molecule has 192 valence electrons. The van der Waals surface area contributed by atoms with Gasteiger partial charge in [-0.1, -0.05) is 33.3 Å². The predicted octanol–water partition coefficient (Wildman–Crippen LogP) is 3.75. The van der Waals surface area contributed by atoms with E-state index in [0.717, 1.165) is 19.3 Å². The van der Waals surface area contributed by atoms with E-state index in [1.165, 1.54) is 29.2 Å². The van der Waals surface area contributed by atoms with Gasteiger partial charge in [0.25, 0.3) is 0 Å². The van der Waals surface area contributed by atoms with Crippen LogP contribution in [-0.4, -0.2) is 57.1 Å². The van der Waals surface area contributed by atoms with Crippen LogP contribution in [-0.2, 0) is 19.1 Å². The van der Waals surface area contributed by atoms with E-state index in [4.69, 9.17) is 4.74 Å². The van der Waals surface area contributed by atoms with Crippen LogP contribution in [0.5, 0.6) is 11.5 Å². The number of nitrogens with zero attached hydrogens (tertiary/aromatic N) is 1. The molecule has 0 aromatic heterocycles. The van der Waals surface area contributed by atoms with Crippen molar-refractivity contribution >= 4 is 23.9 Å². The summed E-state index contributed by atoms with van der Waals surface area (Å²) < 4.78 is 6.11. The molecule has 8 nitrogen and oxygen atoms in total. The van der Waals surface area contributed by atoms with Gasteiger partial charge in [-0.25, -0.2) is 4.79 Å². The van der Waals surface area contributed by atoms with Gasteiger partial charge in [0, 0.05) is 18.0 Å². The molecule has 3 rings (SSSR count). The van der Waals surface area contributed by atoms with Crippen molar-refractivity contribution in [3.05, 3.63) is 29.8 Å². The first kappa shape index (κ1) is 26.6. The molecule has 0 radical (unpaired) electrons. The molecule has 4 atom stereocenters. The van der Waals surface area contributed by atoms with E-state index in [0.29, 0.717) is 30.9 Å². The number of carbonyl (C=O) groups excluding carboxylic acids is 3. The summed E-state index contributed by atoms with van der Waals surface area (Å²) in [5, 5.41) is 21.6. The van der Waals surface area contributed by atoms with E-state index in [1.807, 2.05) is 6.92 Å². The van der Waals surface area contributed by atoms with Gasteiger partial charge < -0.3 is 25.2 Å². The molecule has 2 fully saturated rings. The minimum absolute atomic E-state index is 0.146. The topological polar surface area (TPSA) is 116 Å². The molecule has 35 heavy (non-hydrogen) atoms. The SMILES string of the molecule is CC[C@@H]1CCC(C)(OC(=O)C2CCCN2C(=O)C(C)NC(=O)/C=C/c2ccc(O)c(O)c2)C1(C)C. The Balaban J connectivity index is 1.61. The van der Waals surface area contributed by atoms with Crippen molar-refractivity contribution < 1.29 is 29.3 Å². The highest BCUT2D eigenvalue weighted by Crippen LogP contribution is 2.53. The third kappa shape index (κ3) is 5.46. The van der Waals surface area contributed by atoms with Crippen molar-refractivity contribution in [1.29, 1.82) is 0 Å². The number of likely N-dealkylation sites (tertiary alicyclic amines) is 1. The minimum atomic E-state index is -0.822. The summed E-state index contributed by atoms with van der Waals surface area (Å²) in [5.74, 6) is -1.23. The Hall–Kier alpha value is -3.03. The standard InChI is InChI=1S/C27H38N2O6/c1-6-19-13-14-27(5,26(19,3)4)35-25(34)20-8-7-15-29(20)24(33)17(2)28-23(32)12-10-18-9-11-21(30)22(31)16-18/h9-12,16-17,19-20,30-31H,6-8,13-15H2,1-5H3,(H,28,32)/b12-10+/t17?,19-,20?,27?/m1/s1. The molecule has 2 amide bonds. The zero-order valence-electron chi connectivity index (χ0n) is 21.3. The van der Waals surface area contributed by atoms with Gasteiger partial charge in [0.15, 0.2) is 11.5 Å². The van der Waals surface area contributed by atoms with Crippen molar-refractivity contribution in [3.63, 3.8) is 0 Å². The highest BCUT2D eigenvalue weighted by atomic mass is 16.6. The lowest BCUT2D eigenvalue weighted by molar-refractivity contribution is -0.176. The van der Waals surface area contributed by atoms with Crippen LogP contribution in [0, 0.1) is 11.3 Å². The van der Waals surface area contributed by atoms with Crippen molar-refractivity contribution in [2.45, 2.75) is 84.4 Å². The van der Waals surface area contributed by atoms with E-state index in [1.54, 1.807) is 13.0 Å². The number of hydrogen-bond acceptors (Lipinski definition) is 6. The number of hydrogen-bond donors (Lipinski definition) is 3. The summed E-state index contributed by atoms with van der Waals surface area (Å²) in [4.78, 5) is 40.2. The number of aromatic hydroxyl groups is 2. The smallest absolute Gasteiger partial charge is 0.329 e. The predicted molar refractivity (Wildman–Crippen MR) is 132 cm³/mol. The maximum atomic E-state index is 13.2. The molecular weight excluding hydrogens is 448 g/mol. The summed E-state index contributed by atoms with van der Waals surface area (Å²) in [5.41, 5.74) is -0.201. The van der Waals surface area contributed by atoms with Gasteiger partial charge in [-0.05, 0) is 69.2 Å². The fourth-order valence-electron chi connectivity index (χ4n) is 5.42. The van der Waals surface area contributed by atoms with Gasteiger partial charge in [0.1, 0.15) is 17.7 Å². The summed E-state index contributed by atoms with van der Waals surface area (Å²) >= 11 is 0. The van der Waals surface area contributed by atoms with E-state index >= 15 is 0 Å². The summed E-state index contributed by atoms with van der Waals surface area (Å²) in [6, 6.07) is 2.72. The lowest BCUT2D eigenvalue weighted by Crippen LogP contribution is -2.52. The molecule has 0 spiro atoms. The lowest BCUT2D eigenvalue weighted by Gasteiger charge is -2.42. The molecule has 3 unspecified atom stereocenters. The number of rotatable bonds is 7. The highest BCUT2D eigenvalue weighted by molar-refractivity contribution is 5.96. The third-order valence-corrected chi connectivity index (χ3v) is 8.14. The molecule has 1 aliphatic heterocycles. The van der Waals surface area contributed by atoms with Crippen molar-refractivity contribution in [1.82, 2.24) is 10.2 Å². The number of nitrogens with one attached hydrogen (secondary N) is 1. The molecule has 1 saturated carbocycles. The van der Waals surface area contributed by atoms with E-state index < -0.39 is 23.6 Å². The molecule has 1 aromatic carbocycles. The van der Waals surface area contributed by atoms with Crippen LogP contribution < -0.4 is 5.32 Å². The zero-order valence-corrected chi connectivity index (χ0v) is 21.3. The monoisotopic (exact) mass is 486 g/mol. The second kappa shape index (κ2) is 10.3. The van der Waals surface area contributed by atoms with Crippen LogP contribution in [0.1, 0.15) is 72.3 Å². The molecule has 8 heteroatoms. The van der Waals surface area contributed by atoms with Crippen molar-refractivity contribution in [3.8, 4) is 11.5 Å². The fourth-order valence-corrected chi connectivity index (χ4v) is 5.42. The highest BCUT2D eigenvalue weighted by Gasteiger charge is 2.54. The number of benzene rings is 1. The van der Waals surface area contributed by atoms with Crippen LogP contribution in [0.25, 0.3) is 6.08 Å². The molecule has 1 aromatic rings. The Labute approximate surface area is 207 Å². The van der Waals surface area contributed by atoms with Crippen molar-refractivity contribution in [2.75, 3.05) is 6.54 Å². The molecular formula is C27H38N2O6. The molecule has 1 aliphatic carbocycles. The van der Waals surface area contributed by atoms with Crippen LogP contribution >= 0.6 is 0 Å². The number of phenolic OH excluding ortho intramolecular Hbond substituents is 2. The second-order valence-electron chi connectivity index (χ2n) is 10.5. The first-order valence-corrected chi connectivity index (χ1v) is 12.4. The maximum Gasteiger partial charge on any atom is 0.329 e. The summed E-state index contributed by atoms with van der Waals surface area (Å²) in [7, 11) is 0. The van der Waals surface area contributed by atoms with Gasteiger partial charge >= 0.3 is 5.97 Å². The summed E-state index contributed by atoms with van der Waals surface area (Å²) in [6.07, 6.45) is 6.82. The van der Waals surface area contributed by atoms with Crippen LogP contribution in [0.4, 0.5) is 0 Å². The first-order chi connectivity index (χ1) is 16.4. The Morgan fingerprint density at radius 1 is 1.20 bits per heavy atom. The number of esters is 1. The van der Waals surface area contributed by atoms with Crippen molar-refractivity contribution in [2.24, 2.45) is 11.3 Å².